The van der Waals surface area contributed by atoms with E-state index in [1.165, 1.54) is 0 Å². The van der Waals surface area contributed by atoms with Gasteiger partial charge in [0.05, 0.1) is 12.5 Å². The Labute approximate surface area is 103 Å². The van der Waals surface area contributed by atoms with Gasteiger partial charge in [-0.05, 0) is 25.2 Å². The number of carbonyl (C=O) groups is 1. The van der Waals surface area contributed by atoms with Gasteiger partial charge in [-0.3, -0.25) is 4.79 Å². The van der Waals surface area contributed by atoms with Gasteiger partial charge in [0, 0.05) is 18.5 Å². The zero-order chi connectivity index (χ0) is 12.0. The van der Waals surface area contributed by atoms with E-state index in [0.717, 1.165) is 25.9 Å². The molecule has 0 aromatic rings. The third kappa shape index (κ3) is 4.30. The third-order valence-electron chi connectivity index (χ3n) is 3.08. The number of alkyl halides is 1. The first-order chi connectivity index (χ1) is 7.65. The molecule has 1 fully saturated rings. The lowest BCUT2D eigenvalue weighted by Gasteiger charge is -2.26. The fourth-order valence-corrected chi connectivity index (χ4v) is 2.17. The van der Waals surface area contributed by atoms with Crippen molar-refractivity contribution < 1.29 is 9.53 Å². The number of carbonyl (C=O) groups excluding carboxylic acids is 1. The summed E-state index contributed by atoms with van der Waals surface area (Å²) in [5.74, 6) is 1.17. The zero-order valence-electron chi connectivity index (χ0n) is 10.2. The molecule has 0 aromatic heterocycles. The van der Waals surface area contributed by atoms with Crippen LogP contribution in [0.4, 0.5) is 0 Å². The van der Waals surface area contributed by atoms with Crippen LogP contribution in [0, 0.1) is 11.8 Å². The number of nitrogens with one attached hydrogen (secondary N) is 1. The quantitative estimate of drug-likeness (QED) is 0.757. The average Bonchev–Trinajstić information content (AvgIpc) is 2.29. The molecule has 1 rings (SSSR count). The number of ether oxygens (including phenoxy) is 1. The van der Waals surface area contributed by atoms with Gasteiger partial charge in [0.1, 0.15) is 0 Å². The fraction of sp³-hybridized carbons (Fsp3) is 0.917. The molecule has 4 heteroatoms. The van der Waals surface area contributed by atoms with Crippen LogP contribution in [0.2, 0.25) is 0 Å². The van der Waals surface area contributed by atoms with E-state index in [2.05, 4.69) is 19.2 Å². The molecule has 0 saturated carbocycles. The van der Waals surface area contributed by atoms with Crippen LogP contribution >= 0.6 is 11.6 Å². The second kappa shape index (κ2) is 7.13. The molecule has 16 heavy (non-hydrogen) atoms. The largest absolute Gasteiger partial charge is 0.381 e. The second-order valence-electron chi connectivity index (χ2n) is 4.75. The van der Waals surface area contributed by atoms with E-state index in [4.69, 9.17) is 16.3 Å². The monoisotopic (exact) mass is 247 g/mol. The van der Waals surface area contributed by atoms with E-state index in [1.807, 2.05) is 0 Å². The van der Waals surface area contributed by atoms with Crippen LogP contribution < -0.4 is 5.32 Å². The van der Waals surface area contributed by atoms with Crippen molar-refractivity contribution in [2.45, 2.75) is 39.2 Å². The van der Waals surface area contributed by atoms with Gasteiger partial charge >= 0.3 is 0 Å². The highest BCUT2D eigenvalue weighted by atomic mass is 35.5. The molecule has 0 spiro atoms. The molecular weight excluding hydrogens is 226 g/mol. The number of hydrogen-bond acceptors (Lipinski definition) is 2. The van der Waals surface area contributed by atoms with Crippen molar-refractivity contribution >= 4 is 17.5 Å². The van der Waals surface area contributed by atoms with Gasteiger partial charge in [0.2, 0.25) is 5.91 Å². The predicted octanol–water partition coefficient (Wildman–Crippen LogP) is 2.18. The molecule has 0 bridgehead atoms. The summed E-state index contributed by atoms with van der Waals surface area (Å²) in [5.41, 5.74) is 0. The van der Waals surface area contributed by atoms with Crippen LogP contribution in [-0.4, -0.2) is 31.0 Å². The molecule has 1 N–H and O–H groups in total. The van der Waals surface area contributed by atoms with Crippen molar-refractivity contribution in [3.05, 3.63) is 0 Å². The van der Waals surface area contributed by atoms with E-state index in [0.29, 0.717) is 18.4 Å². The van der Waals surface area contributed by atoms with Gasteiger partial charge in [-0.15, -0.1) is 11.6 Å². The molecule has 1 aliphatic rings. The lowest BCUT2D eigenvalue weighted by atomic mass is 9.97. The van der Waals surface area contributed by atoms with E-state index in [9.17, 15) is 4.79 Å². The van der Waals surface area contributed by atoms with Crippen molar-refractivity contribution in [2.24, 2.45) is 11.8 Å². The Hall–Kier alpha value is -0.280. The van der Waals surface area contributed by atoms with E-state index < -0.39 is 0 Å². The summed E-state index contributed by atoms with van der Waals surface area (Å²) in [4.78, 5) is 12.0. The maximum Gasteiger partial charge on any atom is 0.225 e. The fourth-order valence-electron chi connectivity index (χ4n) is 1.94. The van der Waals surface area contributed by atoms with Gasteiger partial charge in [-0.1, -0.05) is 13.8 Å². The summed E-state index contributed by atoms with van der Waals surface area (Å²) < 4.78 is 5.32. The van der Waals surface area contributed by atoms with Gasteiger partial charge in [0.25, 0.3) is 0 Å². The molecule has 2 unspecified atom stereocenters. The number of rotatable bonds is 5. The standard InChI is InChI=1S/C12H22ClNO2/c1-9(2)11(5-6-13)14-12(15)10-4-3-7-16-8-10/h9-11H,3-8H2,1-2H3,(H,14,15). The summed E-state index contributed by atoms with van der Waals surface area (Å²) in [6.45, 7) is 5.57. The smallest absolute Gasteiger partial charge is 0.225 e. The van der Waals surface area contributed by atoms with E-state index >= 15 is 0 Å². The average molecular weight is 248 g/mol. The third-order valence-corrected chi connectivity index (χ3v) is 3.30. The highest BCUT2D eigenvalue weighted by Crippen LogP contribution is 2.15. The summed E-state index contributed by atoms with van der Waals surface area (Å²) >= 11 is 5.73. The topological polar surface area (TPSA) is 38.3 Å². The molecule has 1 amide bonds. The summed E-state index contributed by atoms with van der Waals surface area (Å²) in [5, 5.41) is 3.08. The Morgan fingerprint density at radius 1 is 1.56 bits per heavy atom. The molecule has 2 atom stereocenters. The van der Waals surface area contributed by atoms with Crippen molar-refractivity contribution in [2.75, 3.05) is 19.1 Å². The zero-order valence-corrected chi connectivity index (χ0v) is 10.9. The Morgan fingerprint density at radius 2 is 2.31 bits per heavy atom. The first-order valence-corrected chi connectivity index (χ1v) is 6.62. The van der Waals surface area contributed by atoms with Crippen LogP contribution in [0.15, 0.2) is 0 Å². The van der Waals surface area contributed by atoms with Crippen molar-refractivity contribution in [1.82, 2.24) is 5.32 Å². The second-order valence-corrected chi connectivity index (χ2v) is 5.13. The predicted molar refractivity (Wildman–Crippen MR) is 65.6 cm³/mol. The molecule has 94 valence electrons. The maximum absolute atomic E-state index is 12.0. The molecule has 1 aliphatic heterocycles. The number of amides is 1. The first-order valence-electron chi connectivity index (χ1n) is 6.09. The Kier molecular flexibility index (Phi) is 6.14. The minimum absolute atomic E-state index is 0.0327. The van der Waals surface area contributed by atoms with Crippen molar-refractivity contribution in [1.29, 1.82) is 0 Å². The van der Waals surface area contributed by atoms with Gasteiger partial charge in [-0.2, -0.15) is 0 Å². The van der Waals surface area contributed by atoms with E-state index in [-0.39, 0.29) is 17.9 Å². The molecule has 0 aromatic carbocycles. The minimum Gasteiger partial charge on any atom is -0.381 e. The summed E-state index contributed by atoms with van der Waals surface area (Å²) in [7, 11) is 0. The molecule has 0 radical (unpaired) electrons. The van der Waals surface area contributed by atoms with Gasteiger partial charge < -0.3 is 10.1 Å². The number of halogens is 1. The first kappa shape index (κ1) is 13.8. The molecule has 0 aliphatic carbocycles. The lowest BCUT2D eigenvalue weighted by molar-refractivity contribution is -0.130. The SMILES string of the molecule is CC(C)C(CCCl)NC(=O)C1CCCOC1. The highest BCUT2D eigenvalue weighted by molar-refractivity contribution is 6.17. The van der Waals surface area contributed by atoms with Gasteiger partial charge in [-0.25, -0.2) is 0 Å². The summed E-state index contributed by atoms with van der Waals surface area (Å²) in [6, 6.07) is 0.187. The van der Waals surface area contributed by atoms with Crippen LogP contribution in [-0.2, 0) is 9.53 Å². The maximum atomic E-state index is 12.0. The summed E-state index contributed by atoms with van der Waals surface area (Å²) in [6.07, 6.45) is 2.76. The Bertz CT molecular complexity index is 215. The van der Waals surface area contributed by atoms with Crippen molar-refractivity contribution in [3.63, 3.8) is 0 Å². The van der Waals surface area contributed by atoms with Crippen LogP contribution in [0.3, 0.4) is 0 Å². The molecular formula is C12H22ClNO2. The number of hydrogen-bond donors (Lipinski definition) is 1. The van der Waals surface area contributed by atoms with E-state index in [1.54, 1.807) is 0 Å². The molecule has 3 nitrogen and oxygen atoms in total. The normalized spacial score (nSPS) is 23.1. The minimum atomic E-state index is 0.0327. The van der Waals surface area contributed by atoms with Crippen molar-refractivity contribution in [3.8, 4) is 0 Å². The Morgan fingerprint density at radius 3 is 2.81 bits per heavy atom. The lowest BCUT2D eigenvalue weighted by Crippen LogP contribution is -2.44. The van der Waals surface area contributed by atoms with Gasteiger partial charge in [0.15, 0.2) is 0 Å². The van der Waals surface area contributed by atoms with Crippen LogP contribution in [0.5, 0.6) is 0 Å². The highest BCUT2D eigenvalue weighted by Gasteiger charge is 2.24. The van der Waals surface area contributed by atoms with Crippen LogP contribution in [0.1, 0.15) is 33.1 Å². The molecule has 1 saturated heterocycles. The van der Waals surface area contributed by atoms with Crippen LogP contribution in [0.25, 0.3) is 0 Å². The molecule has 1 heterocycles. The Balaban J connectivity index is 2.40.